The van der Waals surface area contributed by atoms with Crippen LogP contribution < -0.4 is 4.74 Å². The highest BCUT2D eigenvalue weighted by molar-refractivity contribution is 7.98. The number of nitrogens with zero attached hydrogens (tertiary/aromatic N) is 1. The third-order valence-corrected chi connectivity index (χ3v) is 2.80. The number of ether oxygens (including phenoxy) is 1. The topological polar surface area (TPSA) is 14.2 Å². The molecule has 1 aromatic rings. The molecule has 0 N–H and O–H groups in total. The lowest BCUT2D eigenvalue weighted by molar-refractivity contribution is 0.126. The fourth-order valence-electron chi connectivity index (χ4n) is 1.43. The summed E-state index contributed by atoms with van der Waals surface area (Å²) < 4.78 is 8.15. The summed E-state index contributed by atoms with van der Waals surface area (Å²) in [5.41, 5.74) is -0.131. The normalized spacial score (nSPS) is 12.2. The second-order valence-corrected chi connectivity index (χ2v) is 5.70. The first-order valence-corrected chi connectivity index (χ1v) is 6.51. The third-order valence-electron chi connectivity index (χ3n) is 2.00. The first-order valence-electron chi connectivity index (χ1n) is 5.29. The Morgan fingerprint density at radius 1 is 1.33 bits per heavy atom. The average molecular weight is 227 g/mol. The highest BCUT2D eigenvalue weighted by Gasteiger charge is 2.17. The molecule has 1 heterocycles. The summed E-state index contributed by atoms with van der Waals surface area (Å²) >= 11 is 1.74. The van der Waals surface area contributed by atoms with Gasteiger partial charge in [-0.05, 0) is 46.9 Å². The van der Waals surface area contributed by atoms with E-state index in [-0.39, 0.29) is 5.60 Å². The maximum Gasteiger partial charge on any atom is 0.151 e. The molecule has 0 radical (unpaired) electrons. The van der Waals surface area contributed by atoms with Crippen LogP contribution in [0.5, 0.6) is 5.75 Å². The Morgan fingerprint density at radius 3 is 2.33 bits per heavy atom. The molecule has 0 amide bonds. The summed E-state index contributed by atoms with van der Waals surface area (Å²) in [6, 6.07) is 2.53. The highest BCUT2D eigenvalue weighted by Crippen LogP contribution is 2.33. The van der Waals surface area contributed by atoms with E-state index in [1.807, 2.05) is 0 Å². The smallest absolute Gasteiger partial charge is 0.151 e. The van der Waals surface area contributed by atoms with E-state index in [1.165, 1.54) is 5.03 Å². The van der Waals surface area contributed by atoms with Gasteiger partial charge in [-0.15, -0.1) is 11.8 Å². The maximum atomic E-state index is 5.91. The fraction of sp³-hybridized carbons (Fsp3) is 0.667. The molecule has 0 aliphatic carbocycles. The molecule has 3 heteroatoms. The Morgan fingerprint density at radius 2 is 1.93 bits per heavy atom. The minimum atomic E-state index is -0.131. The highest BCUT2D eigenvalue weighted by atomic mass is 32.2. The molecule has 0 spiro atoms. The molecule has 0 atom stereocenters. The van der Waals surface area contributed by atoms with Crippen LogP contribution in [0, 0.1) is 0 Å². The molecule has 2 nitrogen and oxygen atoms in total. The molecule has 0 saturated carbocycles. The summed E-state index contributed by atoms with van der Waals surface area (Å²) in [5, 5.41) is 1.21. The largest absolute Gasteiger partial charge is 0.485 e. The van der Waals surface area contributed by atoms with Gasteiger partial charge in [0.2, 0.25) is 0 Å². The van der Waals surface area contributed by atoms with Gasteiger partial charge in [-0.25, -0.2) is 0 Å². The van der Waals surface area contributed by atoms with Gasteiger partial charge >= 0.3 is 0 Å². The van der Waals surface area contributed by atoms with E-state index in [1.54, 1.807) is 11.8 Å². The van der Waals surface area contributed by atoms with Crippen LogP contribution in [0.15, 0.2) is 17.3 Å². The zero-order valence-electron chi connectivity index (χ0n) is 10.5. The van der Waals surface area contributed by atoms with Crippen molar-refractivity contribution in [3.8, 4) is 5.75 Å². The van der Waals surface area contributed by atoms with Gasteiger partial charge in [0.05, 0.1) is 0 Å². The van der Waals surface area contributed by atoms with Gasteiger partial charge in [0.15, 0.2) is 5.75 Å². The average Bonchev–Trinajstić information content (AvgIpc) is 2.44. The Labute approximate surface area is 97.0 Å². The summed E-state index contributed by atoms with van der Waals surface area (Å²) in [6.45, 7) is 10.6. The second kappa shape index (κ2) is 4.52. The van der Waals surface area contributed by atoms with Gasteiger partial charge in [-0.3, -0.25) is 0 Å². The van der Waals surface area contributed by atoms with Crippen LogP contribution in [0.4, 0.5) is 0 Å². The van der Waals surface area contributed by atoms with E-state index >= 15 is 0 Å². The minimum Gasteiger partial charge on any atom is -0.485 e. The van der Waals surface area contributed by atoms with Crippen molar-refractivity contribution in [3.63, 3.8) is 0 Å². The van der Waals surface area contributed by atoms with Gasteiger partial charge in [0.1, 0.15) is 10.6 Å². The van der Waals surface area contributed by atoms with Crippen molar-refractivity contribution in [2.75, 3.05) is 6.26 Å². The molecule has 15 heavy (non-hydrogen) atoms. The Bertz CT molecular complexity index is 323. The van der Waals surface area contributed by atoms with E-state index < -0.39 is 0 Å². The van der Waals surface area contributed by atoms with Crippen molar-refractivity contribution in [2.45, 2.75) is 51.3 Å². The van der Waals surface area contributed by atoms with Crippen molar-refractivity contribution >= 4 is 11.8 Å². The van der Waals surface area contributed by atoms with E-state index in [0.717, 1.165) is 5.75 Å². The number of hydrogen-bond acceptors (Lipinski definition) is 2. The third kappa shape index (κ3) is 3.20. The van der Waals surface area contributed by atoms with Crippen molar-refractivity contribution in [3.05, 3.63) is 12.3 Å². The number of thioether (sulfide) groups is 1. The molecule has 0 saturated heterocycles. The first kappa shape index (κ1) is 12.5. The van der Waals surface area contributed by atoms with E-state index in [2.05, 4.69) is 57.7 Å². The Balaban J connectivity index is 2.99. The van der Waals surface area contributed by atoms with Crippen LogP contribution in [0.2, 0.25) is 0 Å². The zero-order valence-corrected chi connectivity index (χ0v) is 11.3. The predicted molar refractivity (Wildman–Crippen MR) is 67.0 cm³/mol. The van der Waals surface area contributed by atoms with E-state index in [4.69, 9.17) is 4.74 Å². The van der Waals surface area contributed by atoms with Crippen molar-refractivity contribution < 1.29 is 4.74 Å². The number of hydrogen-bond donors (Lipinski definition) is 0. The lowest BCUT2D eigenvalue weighted by atomic mass is 10.2. The predicted octanol–water partition coefficient (Wildman–Crippen LogP) is 3.97. The van der Waals surface area contributed by atoms with E-state index in [0.29, 0.717) is 6.04 Å². The number of aromatic nitrogens is 1. The van der Waals surface area contributed by atoms with Gasteiger partial charge < -0.3 is 9.30 Å². The molecule has 1 rings (SSSR count). The maximum absolute atomic E-state index is 5.91. The van der Waals surface area contributed by atoms with Crippen LogP contribution >= 0.6 is 11.8 Å². The molecule has 0 bridgehead atoms. The zero-order chi connectivity index (χ0) is 11.6. The second-order valence-electron chi connectivity index (χ2n) is 4.90. The van der Waals surface area contributed by atoms with Crippen molar-refractivity contribution in [2.24, 2.45) is 0 Å². The molecule has 0 aromatic carbocycles. The Hall–Kier alpha value is -0.570. The quantitative estimate of drug-likeness (QED) is 0.725. The number of rotatable bonds is 3. The van der Waals surface area contributed by atoms with Crippen LogP contribution in [0.3, 0.4) is 0 Å². The summed E-state index contributed by atoms with van der Waals surface area (Å²) in [4.78, 5) is 0. The monoisotopic (exact) mass is 227 g/mol. The SMILES string of the molecule is CSc1c(OC(C)(C)C)ccn1C(C)C. The van der Waals surface area contributed by atoms with Crippen molar-refractivity contribution in [1.29, 1.82) is 0 Å². The van der Waals surface area contributed by atoms with Crippen LogP contribution in [0.25, 0.3) is 0 Å². The van der Waals surface area contributed by atoms with Crippen molar-refractivity contribution in [1.82, 2.24) is 4.57 Å². The lowest BCUT2D eigenvalue weighted by Gasteiger charge is -2.22. The van der Waals surface area contributed by atoms with Gasteiger partial charge in [0.25, 0.3) is 0 Å². The molecule has 1 aromatic heterocycles. The molecular formula is C12H21NOS. The molecule has 86 valence electrons. The summed E-state index contributed by atoms with van der Waals surface area (Å²) in [5.74, 6) is 0.990. The summed E-state index contributed by atoms with van der Waals surface area (Å²) in [6.07, 6.45) is 4.18. The van der Waals surface area contributed by atoms with Crippen LogP contribution in [-0.4, -0.2) is 16.4 Å². The first-order chi connectivity index (χ1) is 6.85. The van der Waals surface area contributed by atoms with Crippen LogP contribution in [-0.2, 0) is 0 Å². The van der Waals surface area contributed by atoms with Gasteiger partial charge in [0, 0.05) is 12.2 Å². The summed E-state index contributed by atoms with van der Waals surface area (Å²) in [7, 11) is 0. The Kier molecular flexibility index (Phi) is 3.77. The van der Waals surface area contributed by atoms with Crippen LogP contribution in [0.1, 0.15) is 40.7 Å². The minimum absolute atomic E-state index is 0.131. The van der Waals surface area contributed by atoms with Gasteiger partial charge in [-0.2, -0.15) is 0 Å². The van der Waals surface area contributed by atoms with E-state index in [9.17, 15) is 0 Å². The molecule has 0 unspecified atom stereocenters. The molecule has 0 aliphatic rings. The van der Waals surface area contributed by atoms with Gasteiger partial charge in [-0.1, -0.05) is 0 Å². The molecule has 0 aliphatic heterocycles. The molecular weight excluding hydrogens is 206 g/mol. The standard InChI is InChI=1S/C12H21NOS/c1-9(2)13-8-7-10(11(13)15-6)14-12(3,4)5/h7-9H,1-6H3. The lowest BCUT2D eigenvalue weighted by Crippen LogP contribution is -2.23. The molecule has 0 fully saturated rings. The fourth-order valence-corrected chi connectivity index (χ4v) is 2.23.